The van der Waals surface area contributed by atoms with Gasteiger partial charge in [0.25, 0.3) is 0 Å². The molecule has 1 atom stereocenters. The van der Waals surface area contributed by atoms with Crippen LogP contribution in [-0.2, 0) is 6.54 Å². The fourth-order valence-electron chi connectivity index (χ4n) is 3.03. The summed E-state index contributed by atoms with van der Waals surface area (Å²) in [6.07, 6.45) is 5.00. The minimum absolute atomic E-state index is 0.208. The maximum Gasteiger partial charge on any atom is 0.169 e. The van der Waals surface area contributed by atoms with Crippen molar-refractivity contribution in [1.82, 2.24) is 10.2 Å². The third-order valence-electron chi connectivity index (χ3n) is 4.32. The van der Waals surface area contributed by atoms with E-state index in [0.29, 0.717) is 24.4 Å². The van der Waals surface area contributed by atoms with Gasteiger partial charge in [-0.05, 0) is 38.3 Å². The van der Waals surface area contributed by atoms with Crippen LogP contribution in [0.3, 0.4) is 0 Å². The minimum atomic E-state index is -0.208. The summed E-state index contributed by atoms with van der Waals surface area (Å²) in [5, 5.41) is 3.53. The van der Waals surface area contributed by atoms with Gasteiger partial charge in [0.1, 0.15) is 0 Å². The van der Waals surface area contributed by atoms with E-state index in [9.17, 15) is 4.39 Å². The molecule has 0 spiro atoms. The van der Waals surface area contributed by atoms with E-state index in [0.717, 1.165) is 18.7 Å². The predicted molar refractivity (Wildman–Crippen MR) is 77.4 cm³/mol. The summed E-state index contributed by atoms with van der Waals surface area (Å²) >= 11 is 0. The summed E-state index contributed by atoms with van der Waals surface area (Å²) in [6, 6.07) is 6.64. The monoisotopic (exact) mass is 278 g/mol. The summed E-state index contributed by atoms with van der Waals surface area (Å²) in [6.45, 7) is 2.84. The van der Waals surface area contributed by atoms with E-state index in [2.05, 4.69) is 10.2 Å². The molecular weight excluding hydrogens is 255 g/mol. The molecule has 4 heteroatoms. The first-order chi connectivity index (χ1) is 9.78. The van der Waals surface area contributed by atoms with Crippen LogP contribution in [0.4, 0.5) is 4.39 Å². The van der Waals surface area contributed by atoms with Gasteiger partial charge >= 0.3 is 0 Å². The van der Waals surface area contributed by atoms with Crippen molar-refractivity contribution in [3.05, 3.63) is 29.6 Å². The molecule has 3 nitrogen and oxygen atoms in total. The second-order valence-electron chi connectivity index (χ2n) is 5.89. The minimum Gasteiger partial charge on any atom is -0.494 e. The van der Waals surface area contributed by atoms with E-state index in [-0.39, 0.29) is 5.82 Å². The topological polar surface area (TPSA) is 24.5 Å². The molecule has 3 rings (SSSR count). The van der Waals surface area contributed by atoms with Crippen molar-refractivity contribution in [3.8, 4) is 5.75 Å². The lowest BCUT2D eigenvalue weighted by Gasteiger charge is -2.26. The lowest BCUT2D eigenvalue weighted by molar-refractivity contribution is 0.227. The largest absolute Gasteiger partial charge is 0.494 e. The second kappa shape index (κ2) is 6.10. The van der Waals surface area contributed by atoms with Gasteiger partial charge in [0.05, 0.1) is 7.11 Å². The smallest absolute Gasteiger partial charge is 0.169 e. The molecule has 1 aromatic rings. The van der Waals surface area contributed by atoms with Crippen molar-refractivity contribution in [3.63, 3.8) is 0 Å². The number of halogens is 1. The van der Waals surface area contributed by atoms with E-state index in [1.807, 2.05) is 12.1 Å². The van der Waals surface area contributed by atoms with E-state index in [1.54, 1.807) is 6.07 Å². The summed E-state index contributed by atoms with van der Waals surface area (Å²) in [5.41, 5.74) is 0.745. The Kier molecular flexibility index (Phi) is 4.22. The van der Waals surface area contributed by atoms with Crippen LogP contribution >= 0.6 is 0 Å². The summed E-state index contributed by atoms with van der Waals surface area (Å²) < 4.78 is 19.3. The fourth-order valence-corrected chi connectivity index (χ4v) is 3.03. The molecule has 0 bridgehead atoms. The van der Waals surface area contributed by atoms with Crippen LogP contribution in [0.5, 0.6) is 5.75 Å². The molecule has 0 aromatic heterocycles. The van der Waals surface area contributed by atoms with Crippen LogP contribution in [0.25, 0.3) is 0 Å². The zero-order valence-electron chi connectivity index (χ0n) is 12.1. The highest BCUT2D eigenvalue weighted by atomic mass is 19.1. The highest BCUT2D eigenvalue weighted by Crippen LogP contribution is 2.30. The molecule has 0 amide bonds. The van der Waals surface area contributed by atoms with Crippen molar-refractivity contribution < 1.29 is 9.13 Å². The first-order valence-corrected chi connectivity index (χ1v) is 7.56. The number of methoxy groups -OCH3 is 1. The van der Waals surface area contributed by atoms with Crippen LogP contribution in [0, 0.1) is 5.82 Å². The van der Waals surface area contributed by atoms with Gasteiger partial charge in [-0.2, -0.15) is 0 Å². The van der Waals surface area contributed by atoms with Gasteiger partial charge in [-0.3, -0.25) is 4.90 Å². The standard InChI is InChI=1S/C16H23FN2O/c1-20-15-6-2-4-12(16(15)17)10-19(14-7-8-14)11-13-5-3-9-18-13/h2,4,6,13-14,18H,3,5,7-11H2,1H3. The number of ether oxygens (including phenoxy) is 1. The van der Waals surface area contributed by atoms with Gasteiger partial charge in [-0.1, -0.05) is 12.1 Å². The molecule has 1 aromatic carbocycles. The van der Waals surface area contributed by atoms with Gasteiger partial charge < -0.3 is 10.1 Å². The molecule has 1 saturated carbocycles. The summed E-state index contributed by atoms with van der Waals surface area (Å²) in [7, 11) is 1.52. The zero-order chi connectivity index (χ0) is 13.9. The van der Waals surface area contributed by atoms with Gasteiger partial charge in [0.2, 0.25) is 0 Å². The van der Waals surface area contributed by atoms with Crippen LogP contribution in [-0.4, -0.2) is 37.2 Å². The normalized spacial score (nSPS) is 22.4. The molecule has 2 aliphatic rings. The van der Waals surface area contributed by atoms with Gasteiger partial charge in [0, 0.05) is 30.7 Å². The Bertz CT molecular complexity index is 456. The molecule has 1 unspecified atom stereocenters. The van der Waals surface area contributed by atoms with Crippen molar-refractivity contribution in [2.24, 2.45) is 0 Å². The molecule has 20 heavy (non-hydrogen) atoms. The van der Waals surface area contributed by atoms with Crippen LogP contribution < -0.4 is 10.1 Å². The number of hydrogen-bond donors (Lipinski definition) is 1. The fraction of sp³-hybridized carbons (Fsp3) is 0.625. The number of benzene rings is 1. The molecule has 1 aliphatic heterocycles. The van der Waals surface area contributed by atoms with Crippen molar-refractivity contribution >= 4 is 0 Å². The van der Waals surface area contributed by atoms with Crippen molar-refractivity contribution in [2.45, 2.75) is 44.3 Å². The molecule has 1 N–H and O–H groups in total. The number of rotatable bonds is 6. The van der Waals surface area contributed by atoms with Gasteiger partial charge in [-0.25, -0.2) is 4.39 Å². The Balaban J connectivity index is 1.69. The highest BCUT2D eigenvalue weighted by molar-refractivity contribution is 5.31. The van der Waals surface area contributed by atoms with Crippen LogP contribution in [0.15, 0.2) is 18.2 Å². The first kappa shape index (κ1) is 13.8. The lowest BCUT2D eigenvalue weighted by Crippen LogP contribution is -2.38. The average Bonchev–Trinajstić information content (AvgIpc) is 3.18. The summed E-state index contributed by atoms with van der Waals surface area (Å²) in [5.74, 6) is 0.136. The predicted octanol–water partition coefficient (Wildman–Crippen LogP) is 2.55. The quantitative estimate of drug-likeness (QED) is 0.865. The van der Waals surface area contributed by atoms with E-state index >= 15 is 0 Å². The Hall–Kier alpha value is -1.13. The Labute approximate surface area is 120 Å². The number of nitrogens with zero attached hydrogens (tertiary/aromatic N) is 1. The average molecular weight is 278 g/mol. The van der Waals surface area contributed by atoms with Gasteiger partial charge in [-0.15, -0.1) is 0 Å². The molecule has 2 fully saturated rings. The lowest BCUT2D eigenvalue weighted by atomic mass is 10.1. The van der Waals surface area contributed by atoms with E-state index in [1.165, 1.54) is 32.8 Å². The molecule has 1 heterocycles. The number of nitrogens with one attached hydrogen (secondary N) is 1. The van der Waals surface area contributed by atoms with Crippen LogP contribution in [0.2, 0.25) is 0 Å². The maximum absolute atomic E-state index is 14.3. The molecule has 0 radical (unpaired) electrons. The Morgan fingerprint density at radius 1 is 1.35 bits per heavy atom. The first-order valence-electron chi connectivity index (χ1n) is 7.56. The third-order valence-corrected chi connectivity index (χ3v) is 4.32. The molecule has 1 aliphatic carbocycles. The Morgan fingerprint density at radius 2 is 2.20 bits per heavy atom. The maximum atomic E-state index is 14.3. The molecular formula is C16H23FN2O. The van der Waals surface area contributed by atoms with Crippen molar-refractivity contribution in [2.75, 3.05) is 20.2 Å². The van der Waals surface area contributed by atoms with Gasteiger partial charge in [0.15, 0.2) is 11.6 Å². The number of hydrogen-bond acceptors (Lipinski definition) is 3. The summed E-state index contributed by atoms with van der Waals surface area (Å²) in [4.78, 5) is 2.43. The highest BCUT2D eigenvalue weighted by Gasteiger charge is 2.31. The third kappa shape index (κ3) is 3.13. The van der Waals surface area contributed by atoms with Crippen LogP contribution in [0.1, 0.15) is 31.2 Å². The van der Waals surface area contributed by atoms with Crippen molar-refractivity contribution in [1.29, 1.82) is 0 Å². The van der Waals surface area contributed by atoms with E-state index < -0.39 is 0 Å². The second-order valence-corrected chi connectivity index (χ2v) is 5.89. The SMILES string of the molecule is COc1cccc(CN(CC2CCCN2)C2CC2)c1F. The molecule has 1 saturated heterocycles. The molecule has 110 valence electrons. The Morgan fingerprint density at radius 3 is 2.85 bits per heavy atom. The zero-order valence-corrected chi connectivity index (χ0v) is 12.1. The van der Waals surface area contributed by atoms with E-state index in [4.69, 9.17) is 4.74 Å².